The van der Waals surface area contributed by atoms with Crippen molar-refractivity contribution < 1.29 is 9.53 Å². The molecule has 2 nitrogen and oxygen atoms in total. The molecule has 1 fully saturated rings. The van der Waals surface area contributed by atoms with Crippen LogP contribution in [0.3, 0.4) is 0 Å². The van der Waals surface area contributed by atoms with Crippen LogP contribution in [0.5, 0.6) is 0 Å². The minimum Gasteiger partial charge on any atom is -0.375 e. The zero-order chi connectivity index (χ0) is 10.4. The molecular weight excluding hydrogens is 176 g/mol. The molecule has 0 saturated heterocycles. The van der Waals surface area contributed by atoms with Crippen LogP contribution in [0.25, 0.3) is 0 Å². The fraction of sp³-hybridized carbons (Fsp3) is 0.917. The first-order valence-electron chi connectivity index (χ1n) is 5.88. The zero-order valence-corrected chi connectivity index (χ0v) is 9.47. The lowest BCUT2D eigenvalue weighted by atomic mass is 9.81. The standard InChI is InChI=1S/C12H22O2/c1-3-7-12(14-10-4-2)8-5-11(13)6-9-12/h3-10H2,1-2H3. The van der Waals surface area contributed by atoms with E-state index in [0.717, 1.165) is 51.6 Å². The maximum atomic E-state index is 11.2. The summed E-state index contributed by atoms with van der Waals surface area (Å²) in [6, 6.07) is 0. The molecule has 0 amide bonds. The predicted octanol–water partition coefficient (Wildman–Crippen LogP) is 3.10. The van der Waals surface area contributed by atoms with Gasteiger partial charge < -0.3 is 4.74 Å². The van der Waals surface area contributed by atoms with Gasteiger partial charge in [-0.2, -0.15) is 0 Å². The molecule has 0 aliphatic heterocycles. The first-order valence-corrected chi connectivity index (χ1v) is 5.88. The highest BCUT2D eigenvalue weighted by molar-refractivity contribution is 5.79. The van der Waals surface area contributed by atoms with Gasteiger partial charge in [-0.05, 0) is 25.7 Å². The molecule has 0 spiro atoms. The molecule has 0 aromatic rings. The summed E-state index contributed by atoms with van der Waals surface area (Å²) in [5, 5.41) is 0. The summed E-state index contributed by atoms with van der Waals surface area (Å²) in [4.78, 5) is 11.2. The third-order valence-electron chi connectivity index (χ3n) is 3.04. The fourth-order valence-electron chi connectivity index (χ4n) is 2.23. The molecule has 2 heteroatoms. The van der Waals surface area contributed by atoms with E-state index >= 15 is 0 Å². The van der Waals surface area contributed by atoms with Gasteiger partial charge in [-0.15, -0.1) is 0 Å². The fourth-order valence-corrected chi connectivity index (χ4v) is 2.23. The number of carbonyl (C=O) groups excluding carboxylic acids is 1. The molecule has 82 valence electrons. The van der Waals surface area contributed by atoms with E-state index in [2.05, 4.69) is 13.8 Å². The van der Waals surface area contributed by atoms with Gasteiger partial charge in [-0.25, -0.2) is 0 Å². The summed E-state index contributed by atoms with van der Waals surface area (Å²) in [5.74, 6) is 0.414. The smallest absolute Gasteiger partial charge is 0.133 e. The molecule has 0 aromatic carbocycles. The van der Waals surface area contributed by atoms with Gasteiger partial charge in [0.2, 0.25) is 0 Å². The maximum absolute atomic E-state index is 11.2. The Morgan fingerprint density at radius 1 is 1.21 bits per heavy atom. The number of rotatable bonds is 5. The van der Waals surface area contributed by atoms with Gasteiger partial charge >= 0.3 is 0 Å². The van der Waals surface area contributed by atoms with Gasteiger partial charge in [-0.3, -0.25) is 4.79 Å². The Morgan fingerprint density at radius 3 is 2.36 bits per heavy atom. The van der Waals surface area contributed by atoms with Crippen LogP contribution in [-0.2, 0) is 9.53 Å². The molecule has 14 heavy (non-hydrogen) atoms. The third-order valence-corrected chi connectivity index (χ3v) is 3.04. The summed E-state index contributed by atoms with van der Waals surface area (Å²) < 4.78 is 5.96. The Morgan fingerprint density at radius 2 is 1.86 bits per heavy atom. The summed E-state index contributed by atoms with van der Waals surface area (Å²) in [7, 11) is 0. The van der Waals surface area contributed by atoms with Crippen LogP contribution < -0.4 is 0 Å². The van der Waals surface area contributed by atoms with E-state index in [1.54, 1.807) is 0 Å². The zero-order valence-electron chi connectivity index (χ0n) is 9.47. The summed E-state index contributed by atoms with van der Waals surface area (Å²) in [5.41, 5.74) is 0.0403. The monoisotopic (exact) mass is 198 g/mol. The number of ether oxygens (including phenoxy) is 1. The highest BCUT2D eigenvalue weighted by Crippen LogP contribution is 2.34. The Hall–Kier alpha value is -0.370. The minimum atomic E-state index is 0.0403. The van der Waals surface area contributed by atoms with Crippen LogP contribution in [0.15, 0.2) is 0 Å². The average Bonchev–Trinajstić information content (AvgIpc) is 2.20. The van der Waals surface area contributed by atoms with Crippen LogP contribution >= 0.6 is 0 Å². The Kier molecular flexibility index (Phi) is 4.59. The molecule has 0 N–H and O–H groups in total. The molecule has 1 aliphatic carbocycles. The van der Waals surface area contributed by atoms with E-state index in [9.17, 15) is 4.79 Å². The highest BCUT2D eigenvalue weighted by atomic mass is 16.5. The second-order valence-electron chi connectivity index (χ2n) is 4.32. The molecule has 1 saturated carbocycles. The first-order chi connectivity index (χ1) is 6.72. The molecule has 0 radical (unpaired) electrons. The van der Waals surface area contributed by atoms with Crippen molar-refractivity contribution in [1.82, 2.24) is 0 Å². The predicted molar refractivity (Wildman–Crippen MR) is 57.4 cm³/mol. The van der Waals surface area contributed by atoms with E-state index in [1.807, 2.05) is 0 Å². The van der Waals surface area contributed by atoms with Gasteiger partial charge in [0.1, 0.15) is 5.78 Å². The molecule has 0 atom stereocenters. The van der Waals surface area contributed by atoms with E-state index in [4.69, 9.17) is 4.74 Å². The average molecular weight is 198 g/mol. The van der Waals surface area contributed by atoms with Crippen molar-refractivity contribution in [3.8, 4) is 0 Å². The molecule has 1 aliphatic rings. The lowest BCUT2D eigenvalue weighted by Gasteiger charge is -2.36. The molecule has 0 bridgehead atoms. The molecule has 0 unspecified atom stereocenters. The summed E-state index contributed by atoms with van der Waals surface area (Å²) in [6.07, 6.45) is 6.67. The van der Waals surface area contributed by atoms with Crippen molar-refractivity contribution in [1.29, 1.82) is 0 Å². The third kappa shape index (κ3) is 3.09. The normalized spacial score (nSPS) is 21.1. The number of Topliss-reactive ketones (excluding diaryl/α,β-unsaturated/α-hetero) is 1. The number of ketones is 1. The van der Waals surface area contributed by atoms with Crippen molar-refractivity contribution in [2.24, 2.45) is 0 Å². The first kappa shape index (κ1) is 11.7. The van der Waals surface area contributed by atoms with Crippen LogP contribution in [-0.4, -0.2) is 18.0 Å². The maximum Gasteiger partial charge on any atom is 0.133 e. The van der Waals surface area contributed by atoms with Gasteiger partial charge in [0.15, 0.2) is 0 Å². The topological polar surface area (TPSA) is 26.3 Å². The molecule has 0 heterocycles. The second kappa shape index (κ2) is 5.50. The Bertz CT molecular complexity index is 177. The quantitative estimate of drug-likeness (QED) is 0.678. The van der Waals surface area contributed by atoms with E-state index in [-0.39, 0.29) is 5.60 Å². The number of hydrogen-bond acceptors (Lipinski definition) is 2. The Balaban J connectivity index is 2.48. The van der Waals surface area contributed by atoms with Crippen LogP contribution in [0, 0.1) is 0 Å². The lowest BCUT2D eigenvalue weighted by Crippen LogP contribution is -2.37. The second-order valence-corrected chi connectivity index (χ2v) is 4.32. The highest BCUT2D eigenvalue weighted by Gasteiger charge is 2.34. The number of carbonyl (C=O) groups is 1. The van der Waals surface area contributed by atoms with Crippen molar-refractivity contribution >= 4 is 5.78 Å². The van der Waals surface area contributed by atoms with Gasteiger partial charge in [0, 0.05) is 19.4 Å². The van der Waals surface area contributed by atoms with E-state index in [1.165, 1.54) is 0 Å². The molecular formula is C12H22O2. The SMILES string of the molecule is CCCOC1(CCC)CCC(=O)CC1. The minimum absolute atomic E-state index is 0.0403. The Labute approximate surface area is 87.0 Å². The number of hydrogen-bond donors (Lipinski definition) is 0. The van der Waals surface area contributed by atoms with E-state index < -0.39 is 0 Å². The van der Waals surface area contributed by atoms with Gasteiger partial charge in [0.25, 0.3) is 0 Å². The van der Waals surface area contributed by atoms with Crippen LogP contribution in [0.4, 0.5) is 0 Å². The largest absolute Gasteiger partial charge is 0.375 e. The summed E-state index contributed by atoms with van der Waals surface area (Å²) in [6.45, 7) is 5.16. The van der Waals surface area contributed by atoms with Crippen LogP contribution in [0.1, 0.15) is 58.8 Å². The van der Waals surface area contributed by atoms with Gasteiger partial charge in [0.05, 0.1) is 5.60 Å². The summed E-state index contributed by atoms with van der Waals surface area (Å²) >= 11 is 0. The van der Waals surface area contributed by atoms with Gasteiger partial charge in [-0.1, -0.05) is 20.3 Å². The lowest BCUT2D eigenvalue weighted by molar-refractivity contribution is -0.130. The van der Waals surface area contributed by atoms with Crippen LogP contribution in [0.2, 0.25) is 0 Å². The van der Waals surface area contributed by atoms with Crippen molar-refractivity contribution in [3.63, 3.8) is 0 Å². The van der Waals surface area contributed by atoms with E-state index in [0.29, 0.717) is 5.78 Å². The van der Waals surface area contributed by atoms with Crippen molar-refractivity contribution in [2.45, 2.75) is 64.4 Å². The van der Waals surface area contributed by atoms with Crippen molar-refractivity contribution in [3.05, 3.63) is 0 Å². The van der Waals surface area contributed by atoms with Crippen molar-refractivity contribution in [2.75, 3.05) is 6.61 Å². The molecule has 0 aromatic heterocycles. The molecule has 1 rings (SSSR count).